The third kappa shape index (κ3) is 11.8. The van der Waals surface area contributed by atoms with E-state index in [1.807, 2.05) is 0 Å². The molecule has 31 heavy (non-hydrogen) atoms. The Labute approximate surface area is 183 Å². The van der Waals surface area contributed by atoms with Crippen molar-refractivity contribution in [3.05, 3.63) is 35.1 Å². The normalized spacial score (nSPS) is 10.8. The van der Waals surface area contributed by atoms with Crippen molar-refractivity contribution in [2.24, 2.45) is 0 Å². The summed E-state index contributed by atoms with van der Waals surface area (Å²) in [6, 6.07) is 1.53. The van der Waals surface area contributed by atoms with Crippen molar-refractivity contribution in [2.45, 2.75) is 90.4 Å². The average Bonchev–Trinajstić information content (AvgIpc) is 2.75. The zero-order valence-electron chi connectivity index (χ0n) is 18.6. The zero-order valence-corrected chi connectivity index (χ0v) is 18.6. The highest BCUT2D eigenvalue weighted by Gasteiger charge is 2.18. The maximum Gasteiger partial charge on any atom is 0.307 e. The van der Waals surface area contributed by atoms with Gasteiger partial charge in [-0.15, -0.1) is 0 Å². The fourth-order valence-corrected chi connectivity index (χ4v) is 3.28. The molecule has 0 saturated heterocycles. The van der Waals surface area contributed by atoms with E-state index in [9.17, 15) is 22.8 Å². The van der Waals surface area contributed by atoms with Crippen LogP contribution in [0.2, 0.25) is 0 Å². The highest BCUT2D eigenvalue weighted by atomic mass is 19.2. The van der Waals surface area contributed by atoms with Crippen LogP contribution in [0, 0.1) is 17.5 Å². The lowest BCUT2D eigenvalue weighted by Gasteiger charge is -2.08. The van der Waals surface area contributed by atoms with E-state index < -0.39 is 34.9 Å². The van der Waals surface area contributed by atoms with E-state index in [-0.39, 0.29) is 13.0 Å². The van der Waals surface area contributed by atoms with Gasteiger partial charge in [0.1, 0.15) is 0 Å². The van der Waals surface area contributed by atoms with Gasteiger partial charge in [0.25, 0.3) is 5.91 Å². The molecule has 1 aromatic rings. The number of unbranched alkanes of at least 4 members (excludes halogenated alkanes) is 11. The van der Waals surface area contributed by atoms with Crippen molar-refractivity contribution in [2.75, 3.05) is 13.2 Å². The predicted molar refractivity (Wildman–Crippen MR) is 115 cm³/mol. The van der Waals surface area contributed by atoms with E-state index in [0.717, 1.165) is 25.3 Å². The van der Waals surface area contributed by atoms with E-state index in [4.69, 9.17) is 4.74 Å². The summed E-state index contributed by atoms with van der Waals surface area (Å²) in [4.78, 5) is 23.5. The molecule has 0 aliphatic carbocycles. The number of rotatable bonds is 17. The molecule has 0 unspecified atom stereocenters. The number of halogens is 3. The lowest BCUT2D eigenvalue weighted by molar-refractivity contribution is -0.143. The second kappa shape index (κ2) is 16.6. The Hall–Kier alpha value is -2.05. The smallest absolute Gasteiger partial charge is 0.307 e. The van der Waals surface area contributed by atoms with E-state index in [2.05, 4.69) is 12.2 Å². The lowest BCUT2D eigenvalue weighted by atomic mass is 10.1. The highest BCUT2D eigenvalue weighted by Crippen LogP contribution is 2.15. The molecule has 1 amide bonds. The van der Waals surface area contributed by atoms with Crippen molar-refractivity contribution in [1.82, 2.24) is 5.32 Å². The summed E-state index contributed by atoms with van der Waals surface area (Å²) in [7, 11) is 0. The minimum Gasteiger partial charge on any atom is -0.466 e. The van der Waals surface area contributed by atoms with Gasteiger partial charge in [-0.1, -0.05) is 77.6 Å². The van der Waals surface area contributed by atoms with Crippen molar-refractivity contribution < 1.29 is 27.5 Å². The van der Waals surface area contributed by atoms with Gasteiger partial charge < -0.3 is 10.1 Å². The van der Waals surface area contributed by atoms with Crippen LogP contribution in [0.15, 0.2) is 12.1 Å². The summed E-state index contributed by atoms with van der Waals surface area (Å²) < 4.78 is 44.7. The first-order valence-electron chi connectivity index (χ1n) is 11.5. The Kier molecular flexibility index (Phi) is 14.5. The molecule has 0 radical (unpaired) electrons. The van der Waals surface area contributed by atoms with Crippen LogP contribution in [-0.4, -0.2) is 25.0 Å². The first kappa shape index (κ1) is 27.0. The fourth-order valence-electron chi connectivity index (χ4n) is 3.28. The molecular formula is C24H36F3NO3. The molecule has 4 nitrogen and oxygen atoms in total. The SMILES string of the molecule is CCCCCCCCCCCCCCOC(=O)CCNC(=O)c1ccc(F)c(F)c1F. The lowest BCUT2D eigenvalue weighted by Crippen LogP contribution is -2.27. The fraction of sp³-hybridized carbons (Fsp3) is 0.667. The van der Waals surface area contributed by atoms with E-state index in [0.29, 0.717) is 12.7 Å². The summed E-state index contributed by atoms with van der Waals surface area (Å²) in [5.41, 5.74) is -0.608. The average molecular weight is 444 g/mol. The Morgan fingerprint density at radius 2 is 1.35 bits per heavy atom. The second-order valence-electron chi connectivity index (χ2n) is 7.84. The Bertz CT molecular complexity index is 668. The molecule has 1 aromatic carbocycles. The van der Waals surface area contributed by atoms with Crippen molar-refractivity contribution in [3.63, 3.8) is 0 Å². The molecule has 1 N–H and O–H groups in total. The molecule has 7 heteroatoms. The summed E-state index contributed by atoms with van der Waals surface area (Å²) in [6.45, 7) is 2.49. The molecule has 1 rings (SSSR count). The molecule has 0 heterocycles. The van der Waals surface area contributed by atoms with Crippen LogP contribution in [0.25, 0.3) is 0 Å². The number of hydrogen-bond donors (Lipinski definition) is 1. The van der Waals surface area contributed by atoms with Gasteiger partial charge in [0.05, 0.1) is 18.6 Å². The van der Waals surface area contributed by atoms with Crippen LogP contribution in [0.3, 0.4) is 0 Å². The van der Waals surface area contributed by atoms with Gasteiger partial charge in [-0.25, -0.2) is 13.2 Å². The molecular weight excluding hydrogens is 407 g/mol. The minimum atomic E-state index is -1.70. The van der Waals surface area contributed by atoms with Crippen molar-refractivity contribution in [1.29, 1.82) is 0 Å². The molecule has 0 aliphatic heterocycles. The number of hydrogen-bond acceptors (Lipinski definition) is 3. The number of amides is 1. The number of benzene rings is 1. The van der Waals surface area contributed by atoms with Gasteiger partial charge in [-0.3, -0.25) is 9.59 Å². The van der Waals surface area contributed by atoms with Crippen molar-refractivity contribution >= 4 is 11.9 Å². The largest absolute Gasteiger partial charge is 0.466 e. The number of nitrogens with one attached hydrogen (secondary N) is 1. The maximum atomic E-state index is 13.5. The molecule has 0 bridgehead atoms. The topological polar surface area (TPSA) is 55.4 Å². The van der Waals surface area contributed by atoms with Crippen LogP contribution >= 0.6 is 0 Å². The number of carbonyl (C=O) groups excluding carboxylic acids is 2. The van der Waals surface area contributed by atoms with Gasteiger partial charge in [0.2, 0.25) is 0 Å². The monoisotopic (exact) mass is 443 g/mol. The molecule has 0 fully saturated rings. The van der Waals surface area contributed by atoms with Gasteiger partial charge in [-0.05, 0) is 18.6 Å². The van der Waals surface area contributed by atoms with E-state index >= 15 is 0 Å². The van der Waals surface area contributed by atoms with Gasteiger partial charge in [-0.2, -0.15) is 0 Å². The summed E-state index contributed by atoms with van der Waals surface area (Å²) in [5.74, 6) is -5.99. The van der Waals surface area contributed by atoms with Crippen LogP contribution in [-0.2, 0) is 9.53 Å². The molecule has 0 saturated carbocycles. The zero-order chi connectivity index (χ0) is 22.9. The van der Waals surface area contributed by atoms with Crippen LogP contribution in [0.4, 0.5) is 13.2 Å². The molecule has 0 aromatic heterocycles. The first-order chi connectivity index (χ1) is 15.0. The molecule has 0 aliphatic rings. The van der Waals surface area contributed by atoms with Crippen LogP contribution in [0.1, 0.15) is 101 Å². The van der Waals surface area contributed by atoms with E-state index in [1.165, 1.54) is 57.8 Å². The summed E-state index contributed by atoms with van der Waals surface area (Å²) in [5, 5.41) is 2.30. The van der Waals surface area contributed by atoms with Gasteiger partial charge in [0.15, 0.2) is 17.5 Å². The van der Waals surface area contributed by atoms with Gasteiger partial charge >= 0.3 is 5.97 Å². The molecule has 0 spiro atoms. The van der Waals surface area contributed by atoms with E-state index in [1.54, 1.807) is 0 Å². The standard InChI is InChI=1S/C24H36F3NO3/c1-2-3-4-5-6-7-8-9-10-11-12-13-18-31-21(29)16-17-28-24(30)19-14-15-20(25)23(27)22(19)26/h14-15H,2-13,16-18H2,1H3,(H,28,30). The number of ether oxygens (including phenoxy) is 1. The third-order valence-electron chi connectivity index (χ3n) is 5.16. The Morgan fingerprint density at radius 1 is 0.806 bits per heavy atom. The Morgan fingerprint density at radius 3 is 1.94 bits per heavy atom. The Balaban J connectivity index is 1.98. The first-order valence-corrected chi connectivity index (χ1v) is 11.5. The highest BCUT2D eigenvalue weighted by molar-refractivity contribution is 5.94. The second-order valence-corrected chi connectivity index (χ2v) is 7.84. The third-order valence-corrected chi connectivity index (χ3v) is 5.16. The van der Waals surface area contributed by atoms with Gasteiger partial charge in [0, 0.05) is 6.54 Å². The molecule has 176 valence electrons. The molecule has 0 atom stereocenters. The quantitative estimate of drug-likeness (QED) is 0.171. The summed E-state index contributed by atoms with van der Waals surface area (Å²) >= 11 is 0. The van der Waals surface area contributed by atoms with Crippen LogP contribution < -0.4 is 5.32 Å². The maximum absolute atomic E-state index is 13.5. The van der Waals surface area contributed by atoms with Crippen molar-refractivity contribution in [3.8, 4) is 0 Å². The number of esters is 1. The number of carbonyl (C=O) groups is 2. The predicted octanol–water partition coefficient (Wildman–Crippen LogP) is 6.47. The minimum absolute atomic E-state index is 0.0741. The summed E-state index contributed by atoms with van der Waals surface area (Å²) in [6.07, 6.45) is 14.6. The van der Waals surface area contributed by atoms with Crippen LogP contribution in [0.5, 0.6) is 0 Å².